The highest BCUT2D eigenvalue weighted by atomic mass is 16.2. The Balaban J connectivity index is 1.72. The molecule has 29 heavy (non-hydrogen) atoms. The summed E-state index contributed by atoms with van der Waals surface area (Å²) in [7, 11) is 0. The molecule has 1 saturated heterocycles. The average Bonchev–Trinajstić information content (AvgIpc) is 3.16. The van der Waals surface area contributed by atoms with Crippen molar-refractivity contribution in [2.24, 2.45) is 5.92 Å². The van der Waals surface area contributed by atoms with Crippen molar-refractivity contribution < 1.29 is 9.59 Å². The molecule has 2 aliphatic rings. The van der Waals surface area contributed by atoms with E-state index in [2.05, 4.69) is 5.10 Å². The van der Waals surface area contributed by atoms with Gasteiger partial charge in [-0.3, -0.25) is 19.5 Å². The summed E-state index contributed by atoms with van der Waals surface area (Å²) in [6.45, 7) is 7.32. The maximum atomic E-state index is 13.1. The third-order valence-corrected chi connectivity index (χ3v) is 6.08. The second-order valence-corrected chi connectivity index (χ2v) is 8.36. The number of carbonyl (C=O) groups excluding carboxylic acids is 2. The van der Waals surface area contributed by atoms with Gasteiger partial charge in [-0.15, -0.1) is 0 Å². The first-order chi connectivity index (χ1) is 13.9. The van der Waals surface area contributed by atoms with Crippen LogP contribution in [0.3, 0.4) is 0 Å². The number of aromatic amines is 1. The third kappa shape index (κ3) is 3.45. The zero-order chi connectivity index (χ0) is 20.7. The lowest BCUT2D eigenvalue weighted by Crippen LogP contribution is -2.41. The highest BCUT2D eigenvalue weighted by Crippen LogP contribution is 2.31. The molecule has 0 saturated carbocycles. The third-order valence-electron chi connectivity index (χ3n) is 6.08. The molecule has 0 radical (unpaired) electrons. The first kappa shape index (κ1) is 19.7. The lowest BCUT2D eigenvalue weighted by molar-refractivity contribution is -0.138. The fourth-order valence-electron chi connectivity index (χ4n) is 4.46. The lowest BCUT2D eigenvalue weighted by Gasteiger charge is -2.36. The summed E-state index contributed by atoms with van der Waals surface area (Å²) < 4.78 is 1.47. The Hall–Kier alpha value is -2.64. The molecule has 0 aromatic carbocycles. The van der Waals surface area contributed by atoms with Crippen molar-refractivity contribution in [3.63, 3.8) is 0 Å². The summed E-state index contributed by atoms with van der Waals surface area (Å²) >= 11 is 0. The van der Waals surface area contributed by atoms with Crippen LogP contribution in [0.2, 0.25) is 0 Å². The molecule has 2 aromatic rings. The molecule has 156 valence electrons. The molecule has 0 aliphatic carbocycles. The molecular formula is C21H29N5O3. The fraction of sp³-hybridized carbons (Fsp3) is 0.619. The van der Waals surface area contributed by atoms with Crippen molar-refractivity contribution >= 4 is 17.5 Å². The minimum Gasteiger partial charge on any atom is -0.338 e. The van der Waals surface area contributed by atoms with Gasteiger partial charge in [0.2, 0.25) is 11.8 Å². The molecular weight excluding hydrogens is 370 g/mol. The highest BCUT2D eigenvalue weighted by Gasteiger charge is 2.31. The molecule has 1 fully saturated rings. The molecule has 4 heterocycles. The van der Waals surface area contributed by atoms with Crippen LogP contribution in [0.1, 0.15) is 69.4 Å². The van der Waals surface area contributed by atoms with E-state index >= 15 is 0 Å². The van der Waals surface area contributed by atoms with Gasteiger partial charge in [0.1, 0.15) is 0 Å². The van der Waals surface area contributed by atoms with Crippen LogP contribution in [0.4, 0.5) is 0 Å². The number of H-pyrrole nitrogens is 1. The van der Waals surface area contributed by atoms with Crippen molar-refractivity contribution in [1.82, 2.24) is 24.4 Å². The van der Waals surface area contributed by atoms with E-state index in [9.17, 15) is 14.4 Å². The normalized spacial score (nSPS) is 19.7. The van der Waals surface area contributed by atoms with E-state index in [1.807, 2.05) is 31.7 Å². The van der Waals surface area contributed by atoms with Crippen LogP contribution < -0.4 is 5.56 Å². The highest BCUT2D eigenvalue weighted by molar-refractivity contribution is 5.78. The topological polar surface area (TPSA) is 90.8 Å². The Morgan fingerprint density at radius 3 is 2.79 bits per heavy atom. The van der Waals surface area contributed by atoms with Gasteiger partial charge in [0, 0.05) is 37.9 Å². The predicted molar refractivity (Wildman–Crippen MR) is 108 cm³/mol. The van der Waals surface area contributed by atoms with Crippen LogP contribution in [0.5, 0.6) is 0 Å². The van der Waals surface area contributed by atoms with Gasteiger partial charge in [0.25, 0.3) is 5.56 Å². The summed E-state index contributed by atoms with van der Waals surface area (Å²) in [6.07, 6.45) is 3.95. The molecule has 1 unspecified atom stereocenters. The Kier molecular flexibility index (Phi) is 5.19. The Bertz CT molecular complexity index is 1010. The van der Waals surface area contributed by atoms with Gasteiger partial charge in [-0.1, -0.05) is 20.8 Å². The molecule has 2 aliphatic heterocycles. The average molecular weight is 399 g/mol. The largest absolute Gasteiger partial charge is 0.338 e. The van der Waals surface area contributed by atoms with Crippen LogP contribution in [0.25, 0.3) is 5.65 Å². The number of carbonyl (C=O) groups is 2. The molecule has 1 N–H and O–H groups in total. The minimum atomic E-state index is -0.151. The number of fused-ring (bicyclic) bond motifs is 2. The fourth-order valence-corrected chi connectivity index (χ4v) is 4.46. The first-order valence-corrected chi connectivity index (χ1v) is 10.6. The monoisotopic (exact) mass is 399 g/mol. The smallest absolute Gasteiger partial charge is 0.277 e. The van der Waals surface area contributed by atoms with E-state index in [4.69, 9.17) is 4.98 Å². The number of hydrogen-bond donors (Lipinski definition) is 1. The Morgan fingerprint density at radius 2 is 2.07 bits per heavy atom. The predicted octanol–water partition coefficient (Wildman–Crippen LogP) is 2.03. The second kappa shape index (κ2) is 7.65. The number of nitrogens with one attached hydrogen (secondary N) is 1. The van der Waals surface area contributed by atoms with Crippen molar-refractivity contribution in [3.8, 4) is 0 Å². The lowest BCUT2D eigenvalue weighted by atomic mass is 9.97. The van der Waals surface area contributed by atoms with Crippen LogP contribution in [0, 0.1) is 5.92 Å². The Labute approximate surface area is 169 Å². The molecule has 8 nitrogen and oxygen atoms in total. The van der Waals surface area contributed by atoms with Crippen LogP contribution in [-0.4, -0.2) is 49.3 Å². The SMILES string of the molecule is CCC(=O)N1CCc2nc3cc(C4CCCCN4C(=O)C(C)C)[nH]n3c(=O)c2C1. The Morgan fingerprint density at radius 1 is 1.28 bits per heavy atom. The van der Waals surface area contributed by atoms with Gasteiger partial charge in [0.05, 0.1) is 29.5 Å². The molecule has 0 spiro atoms. The minimum absolute atomic E-state index is 0.0531. The maximum Gasteiger partial charge on any atom is 0.277 e. The molecule has 4 rings (SSSR count). The van der Waals surface area contributed by atoms with Crippen molar-refractivity contribution in [2.75, 3.05) is 13.1 Å². The molecule has 1 atom stereocenters. The van der Waals surface area contributed by atoms with Gasteiger partial charge in [0.15, 0.2) is 5.65 Å². The standard InChI is InChI=1S/C21H29N5O3/c1-4-19(27)24-10-8-15-14(12-24)21(29)26-18(22-15)11-16(23-26)17-7-5-6-9-25(17)20(28)13(2)3/h11,13,17,23H,4-10,12H2,1-3H3. The van der Waals surface area contributed by atoms with Crippen molar-refractivity contribution in [2.45, 2.75) is 65.5 Å². The van der Waals surface area contributed by atoms with Gasteiger partial charge < -0.3 is 9.80 Å². The van der Waals surface area contributed by atoms with Crippen LogP contribution >= 0.6 is 0 Å². The molecule has 8 heteroatoms. The van der Waals surface area contributed by atoms with Crippen LogP contribution in [-0.2, 0) is 22.6 Å². The number of likely N-dealkylation sites (tertiary alicyclic amines) is 1. The second-order valence-electron chi connectivity index (χ2n) is 8.36. The number of nitrogens with zero attached hydrogens (tertiary/aromatic N) is 4. The summed E-state index contributed by atoms with van der Waals surface area (Å²) in [5, 5.41) is 3.21. The molecule has 0 bridgehead atoms. The number of amides is 2. The quantitative estimate of drug-likeness (QED) is 0.855. The molecule has 2 amide bonds. The van der Waals surface area contributed by atoms with E-state index < -0.39 is 0 Å². The summed E-state index contributed by atoms with van der Waals surface area (Å²) in [6, 6.07) is 1.84. The summed E-state index contributed by atoms with van der Waals surface area (Å²) in [5.41, 5.74) is 2.65. The van der Waals surface area contributed by atoms with Gasteiger partial charge in [-0.25, -0.2) is 9.50 Å². The van der Waals surface area contributed by atoms with Gasteiger partial charge in [-0.2, -0.15) is 0 Å². The van der Waals surface area contributed by atoms with E-state index in [0.717, 1.165) is 37.2 Å². The number of rotatable bonds is 3. The van der Waals surface area contributed by atoms with Crippen molar-refractivity contribution in [1.29, 1.82) is 0 Å². The zero-order valence-electron chi connectivity index (χ0n) is 17.4. The van der Waals surface area contributed by atoms with Gasteiger partial charge >= 0.3 is 0 Å². The van der Waals surface area contributed by atoms with Crippen LogP contribution in [0.15, 0.2) is 10.9 Å². The number of aromatic nitrogens is 3. The first-order valence-electron chi connectivity index (χ1n) is 10.6. The van der Waals surface area contributed by atoms with E-state index in [1.165, 1.54) is 4.52 Å². The van der Waals surface area contributed by atoms with E-state index in [-0.39, 0.29) is 29.3 Å². The molecule has 2 aromatic heterocycles. The number of piperidine rings is 1. The van der Waals surface area contributed by atoms with E-state index in [0.29, 0.717) is 37.1 Å². The maximum absolute atomic E-state index is 13.1. The van der Waals surface area contributed by atoms with Crippen molar-refractivity contribution in [3.05, 3.63) is 33.4 Å². The number of hydrogen-bond acceptors (Lipinski definition) is 4. The van der Waals surface area contributed by atoms with E-state index in [1.54, 1.807) is 4.90 Å². The van der Waals surface area contributed by atoms with Gasteiger partial charge in [-0.05, 0) is 19.3 Å². The zero-order valence-corrected chi connectivity index (χ0v) is 17.4. The summed E-state index contributed by atoms with van der Waals surface area (Å²) in [5.74, 6) is 0.134. The summed E-state index contributed by atoms with van der Waals surface area (Å²) in [4.78, 5) is 46.3.